The van der Waals surface area contributed by atoms with Gasteiger partial charge in [-0.25, -0.2) is 0 Å². The molecule has 0 radical (unpaired) electrons. The Hall–Kier alpha value is 1.02. The van der Waals surface area contributed by atoms with Crippen molar-refractivity contribution < 1.29 is 0 Å². The number of alkyl halides is 2. The molecule has 2 heteroatoms. The second-order valence-corrected chi connectivity index (χ2v) is 7.87. The van der Waals surface area contributed by atoms with Gasteiger partial charge in [0.2, 0.25) is 0 Å². The minimum atomic E-state index is -0.541. The molecule has 0 aromatic heterocycles. The standard InChI is InChI=1S/C2H4ClI/c3-4-1-2-4/h1-2H2. The molecule has 1 fully saturated rings. The molecule has 0 aromatic carbocycles. The van der Waals surface area contributed by atoms with Gasteiger partial charge in [-0.2, -0.15) is 0 Å². The van der Waals surface area contributed by atoms with Crippen molar-refractivity contribution in [2.24, 2.45) is 0 Å². The van der Waals surface area contributed by atoms with Gasteiger partial charge < -0.3 is 0 Å². The third kappa shape index (κ3) is 0.763. The van der Waals surface area contributed by atoms with Crippen LogP contribution in [0.2, 0.25) is 0 Å². The molecule has 0 saturated carbocycles. The molecule has 1 rings (SSSR count). The summed E-state index contributed by atoms with van der Waals surface area (Å²) in [5.74, 6) is 0. The van der Waals surface area contributed by atoms with Crippen LogP contribution in [-0.2, 0) is 0 Å². The fourth-order valence-electron chi connectivity index (χ4n) is 0.0270. The van der Waals surface area contributed by atoms with E-state index in [2.05, 4.69) is 0 Å². The van der Waals surface area contributed by atoms with Crippen LogP contribution in [0.1, 0.15) is 0 Å². The average molecular weight is 190 g/mol. The molecule has 0 amide bonds. The van der Waals surface area contributed by atoms with Crippen molar-refractivity contribution >= 4 is 27.6 Å². The number of halogens is 2. The van der Waals surface area contributed by atoms with E-state index in [9.17, 15) is 0 Å². The quantitative estimate of drug-likeness (QED) is 0.403. The molecule has 0 bridgehead atoms. The van der Waals surface area contributed by atoms with E-state index in [-0.39, 0.29) is 0 Å². The molecule has 1 saturated heterocycles. The molecule has 0 atom stereocenters. The molecular weight excluding hydrogens is 186 g/mol. The van der Waals surface area contributed by atoms with Gasteiger partial charge in [-0.15, -0.1) is 0 Å². The fourth-order valence-corrected chi connectivity index (χ4v) is 3.64. The van der Waals surface area contributed by atoms with Gasteiger partial charge in [0.1, 0.15) is 0 Å². The Labute approximate surface area is 36.6 Å². The molecule has 0 aliphatic carbocycles. The topological polar surface area (TPSA) is 0 Å². The van der Waals surface area contributed by atoms with Gasteiger partial charge >= 0.3 is 36.5 Å². The molecule has 26 valence electrons. The van der Waals surface area contributed by atoms with Crippen LogP contribution in [0.25, 0.3) is 0 Å². The summed E-state index contributed by atoms with van der Waals surface area (Å²) in [5, 5.41) is 0. The molecule has 0 N–H and O–H groups in total. The van der Waals surface area contributed by atoms with E-state index >= 15 is 0 Å². The maximum atomic E-state index is 5.54. The molecule has 0 unspecified atom stereocenters. The second-order valence-electron chi connectivity index (χ2n) is 0.769. The first-order valence-electron chi connectivity index (χ1n) is 1.18. The van der Waals surface area contributed by atoms with Crippen LogP contribution in [0, 0.1) is 0 Å². The van der Waals surface area contributed by atoms with E-state index in [1.807, 2.05) is 0 Å². The van der Waals surface area contributed by atoms with Gasteiger partial charge in [0.25, 0.3) is 0 Å². The normalized spacial score (nSPS) is 30.8. The zero-order valence-corrected chi connectivity index (χ0v) is 5.08. The summed E-state index contributed by atoms with van der Waals surface area (Å²) in [5.41, 5.74) is 0. The van der Waals surface area contributed by atoms with Gasteiger partial charge in [-0.1, -0.05) is 0 Å². The SMILES string of the molecule is ClI1CC1. The first-order valence-corrected chi connectivity index (χ1v) is 6.96. The van der Waals surface area contributed by atoms with Gasteiger partial charge in [0.05, 0.1) is 0 Å². The van der Waals surface area contributed by atoms with Gasteiger partial charge in [0, 0.05) is 0 Å². The summed E-state index contributed by atoms with van der Waals surface area (Å²) in [6, 6.07) is 0. The maximum absolute atomic E-state index is 5.54. The molecule has 1 heterocycles. The second kappa shape index (κ2) is 1.01. The van der Waals surface area contributed by atoms with Crippen LogP contribution < -0.4 is 0 Å². The summed E-state index contributed by atoms with van der Waals surface area (Å²) in [7, 11) is 5.54. The molecule has 4 heavy (non-hydrogen) atoms. The average Bonchev–Trinajstić information content (AvgIpc) is 1.75. The minimum absolute atomic E-state index is 0.541. The van der Waals surface area contributed by atoms with Crippen molar-refractivity contribution in [2.45, 2.75) is 0 Å². The van der Waals surface area contributed by atoms with E-state index in [0.717, 1.165) is 0 Å². The Morgan fingerprint density at radius 1 is 1.50 bits per heavy atom. The van der Waals surface area contributed by atoms with Crippen LogP contribution in [0.15, 0.2) is 0 Å². The Balaban J connectivity index is 2.17. The number of hydrogen-bond acceptors (Lipinski definition) is 0. The van der Waals surface area contributed by atoms with Crippen LogP contribution in [0.4, 0.5) is 0 Å². The molecule has 0 spiro atoms. The molecular formula is C2H4ClI. The van der Waals surface area contributed by atoms with E-state index in [0.29, 0.717) is 0 Å². The molecule has 1 aliphatic heterocycles. The van der Waals surface area contributed by atoms with E-state index < -0.39 is 18.7 Å². The summed E-state index contributed by atoms with van der Waals surface area (Å²) in [6.07, 6.45) is 0. The monoisotopic (exact) mass is 190 g/mol. The Bertz CT molecular complexity index is 25.2. The van der Waals surface area contributed by atoms with Gasteiger partial charge in [0.15, 0.2) is 0 Å². The summed E-state index contributed by atoms with van der Waals surface area (Å²) >= 11 is -0.541. The van der Waals surface area contributed by atoms with Crippen LogP contribution in [-0.4, -0.2) is 8.86 Å². The Morgan fingerprint density at radius 2 is 1.75 bits per heavy atom. The van der Waals surface area contributed by atoms with Gasteiger partial charge in [-0.05, 0) is 0 Å². The van der Waals surface area contributed by atoms with Crippen molar-refractivity contribution in [1.29, 1.82) is 0 Å². The number of hydrogen-bond donors (Lipinski definition) is 0. The van der Waals surface area contributed by atoms with Gasteiger partial charge in [-0.3, -0.25) is 0 Å². The van der Waals surface area contributed by atoms with Crippen LogP contribution >= 0.6 is 27.6 Å². The zero-order valence-electron chi connectivity index (χ0n) is 2.17. The summed E-state index contributed by atoms with van der Waals surface area (Å²) in [6.45, 7) is 0. The fraction of sp³-hybridized carbons (Fsp3) is 1.00. The van der Waals surface area contributed by atoms with Crippen molar-refractivity contribution in [3.8, 4) is 0 Å². The predicted octanol–water partition coefficient (Wildman–Crippen LogP) is 1.66. The van der Waals surface area contributed by atoms with Crippen molar-refractivity contribution in [3.05, 3.63) is 0 Å². The predicted molar refractivity (Wildman–Crippen MR) is 29.6 cm³/mol. The summed E-state index contributed by atoms with van der Waals surface area (Å²) in [4.78, 5) is 0. The number of rotatable bonds is 0. The first kappa shape index (κ1) is 3.22. The molecule has 0 nitrogen and oxygen atoms in total. The summed E-state index contributed by atoms with van der Waals surface area (Å²) < 4.78 is 2.82. The van der Waals surface area contributed by atoms with Crippen LogP contribution in [0.5, 0.6) is 0 Å². The van der Waals surface area contributed by atoms with Crippen molar-refractivity contribution in [1.82, 2.24) is 0 Å². The Kier molecular flexibility index (Phi) is 0.814. The van der Waals surface area contributed by atoms with Crippen LogP contribution in [0.3, 0.4) is 0 Å². The van der Waals surface area contributed by atoms with Crippen molar-refractivity contribution in [2.75, 3.05) is 8.86 Å². The third-order valence-corrected chi connectivity index (χ3v) is 4.14. The van der Waals surface area contributed by atoms with E-state index in [4.69, 9.17) is 8.91 Å². The van der Waals surface area contributed by atoms with E-state index in [1.54, 1.807) is 0 Å². The zero-order chi connectivity index (χ0) is 2.99. The third-order valence-electron chi connectivity index (χ3n) is 0.332. The Morgan fingerprint density at radius 3 is 1.75 bits per heavy atom. The van der Waals surface area contributed by atoms with E-state index in [1.165, 1.54) is 8.86 Å². The van der Waals surface area contributed by atoms with Crippen molar-refractivity contribution in [3.63, 3.8) is 0 Å². The molecule has 1 aliphatic rings. The first-order chi connectivity index (χ1) is 1.89. The molecule has 0 aromatic rings.